The lowest BCUT2D eigenvalue weighted by Crippen LogP contribution is -1.63. The first kappa shape index (κ1) is 2.57. The number of hydrogen-bond donors (Lipinski definition) is 0. The van der Waals surface area contributed by atoms with Crippen molar-refractivity contribution >= 4 is 0 Å². The maximum Gasteiger partial charge on any atom is 0.315 e. The van der Waals surface area contributed by atoms with Crippen LogP contribution in [0.15, 0.2) is 12.5 Å². The quantitative estimate of drug-likeness (QED) is 0.417. The summed E-state index contributed by atoms with van der Waals surface area (Å²) in [5, 5.41) is 0. The van der Waals surface area contributed by atoms with E-state index < -0.39 is 0 Å². The molecule has 0 bridgehead atoms. The molecule has 1 aliphatic rings. The van der Waals surface area contributed by atoms with Crippen molar-refractivity contribution in [3.63, 3.8) is 0 Å². The van der Waals surface area contributed by atoms with Crippen molar-refractivity contribution < 1.29 is 9.47 Å². The second-order valence-corrected chi connectivity index (χ2v) is 0.641. The molecule has 0 fully saturated rings. The molecule has 5 heavy (non-hydrogen) atoms. The van der Waals surface area contributed by atoms with Crippen LogP contribution in [0.1, 0.15) is 0 Å². The first-order chi connectivity index (χ1) is 2.50. The van der Waals surface area contributed by atoms with E-state index in [1.807, 2.05) is 0 Å². The summed E-state index contributed by atoms with van der Waals surface area (Å²) in [5.41, 5.74) is 0. The van der Waals surface area contributed by atoms with Crippen LogP contribution in [0.4, 0.5) is 0 Å². The van der Waals surface area contributed by atoms with Gasteiger partial charge in [-0.15, -0.1) is 0 Å². The molecule has 0 spiro atoms. The Bertz CT molecular complexity index is 42.9. The SMILES string of the molecule is [CH]1OC=CO1. The summed E-state index contributed by atoms with van der Waals surface area (Å²) in [6.45, 7) is 1.25. The van der Waals surface area contributed by atoms with Gasteiger partial charge in [0.2, 0.25) is 0 Å². The molecule has 2 heteroatoms. The molecule has 0 aromatic heterocycles. The van der Waals surface area contributed by atoms with Crippen molar-refractivity contribution in [1.29, 1.82) is 0 Å². The van der Waals surface area contributed by atoms with Crippen molar-refractivity contribution in [1.82, 2.24) is 0 Å². The molecule has 2 nitrogen and oxygen atoms in total. The summed E-state index contributed by atoms with van der Waals surface area (Å²) in [7, 11) is 0. The van der Waals surface area contributed by atoms with Crippen LogP contribution in [-0.4, -0.2) is 0 Å². The highest BCUT2D eigenvalue weighted by molar-refractivity contribution is 4.68. The molecule has 0 aromatic rings. The van der Waals surface area contributed by atoms with E-state index in [9.17, 15) is 0 Å². The summed E-state index contributed by atoms with van der Waals surface area (Å²) < 4.78 is 8.83. The van der Waals surface area contributed by atoms with E-state index in [1.165, 1.54) is 19.3 Å². The van der Waals surface area contributed by atoms with Crippen molar-refractivity contribution in [2.24, 2.45) is 0 Å². The molecular weight excluding hydrogens is 68.0 g/mol. The predicted octanol–water partition coefficient (Wildman–Crippen LogP) is 0.624. The van der Waals surface area contributed by atoms with E-state index in [0.717, 1.165) is 0 Å². The van der Waals surface area contributed by atoms with Crippen LogP contribution >= 0.6 is 0 Å². The van der Waals surface area contributed by atoms with Gasteiger partial charge in [0.25, 0.3) is 0 Å². The lowest BCUT2D eigenvalue weighted by Gasteiger charge is -1.79. The molecule has 0 saturated carbocycles. The lowest BCUT2D eigenvalue weighted by atomic mass is 11.1. The third-order valence-corrected chi connectivity index (χ3v) is 0.324. The average molecular weight is 71.1 g/mol. The third kappa shape index (κ3) is 0.318. The lowest BCUT2D eigenvalue weighted by molar-refractivity contribution is 0.184. The Labute approximate surface area is 30.0 Å². The summed E-state index contributed by atoms with van der Waals surface area (Å²) >= 11 is 0. The van der Waals surface area contributed by atoms with Crippen LogP contribution < -0.4 is 0 Å². The van der Waals surface area contributed by atoms with Gasteiger partial charge in [-0.05, 0) is 0 Å². The third-order valence-electron chi connectivity index (χ3n) is 0.324. The zero-order valence-corrected chi connectivity index (χ0v) is 2.55. The zero-order valence-electron chi connectivity index (χ0n) is 2.55. The van der Waals surface area contributed by atoms with Gasteiger partial charge in [0, 0.05) is 0 Å². The highest BCUT2D eigenvalue weighted by Crippen LogP contribution is 1.94. The molecule has 0 N–H and O–H groups in total. The van der Waals surface area contributed by atoms with E-state index >= 15 is 0 Å². The van der Waals surface area contributed by atoms with Crippen molar-refractivity contribution in [2.75, 3.05) is 0 Å². The Morgan fingerprint density at radius 3 is 1.80 bits per heavy atom. The van der Waals surface area contributed by atoms with Gasteiger partial charge in [-0.2, -0.15) is 0 Å². The van der Waals surface area contributed by atoms with Crippen LogP contribution in [0.25, 0.3) is 0 Å². The number of ether oxygens (including phenoxy) is 2. The van der Waals surface area contributed by atoms with Crippen LogP contribution in [-0.2, 0) is 9.47 Å². The van der Waals surface area contributed by atoms with Crippen LogP contribution in [0.2, 0.25) is 0 Å². The molecule has 0 atom stereocenters. The molecule has 0 saturated heterocycles. The Hall–Kier alpha value is -0.660. The summed E-state index contributed by atoms with van der Waals surface area (Å²) in [6, 6.07) is 0. The minimum Gasteiger partial charge on any atom is -0.453 e. The fraction of sp³-hybridized carbons (Fsp3) is 0. The molecule has 1 aliphatic heterocycles. The molecule has 0 unspecified atom stereocenters. The van der Waals surface area contributed by atoms with Crippen LogP contribution in [0, 0.1) is 6.79 Å². The predicted molar refractivity (Wildman–Crippen MR) is 15.6 cm³/mol. The second kappa shape index (κ2) is 0.971. The standard InChI is InChI=1S/C3H3O2/c1-2-5-3-4-1/h1-3H. The van der Waals surface area contributed by atoms with Gasteiger partial charge in [-0.1, -0.05) is 0 Å². The van der Waals surface area contributed by atoms with E-state index in [2.05, 4.69) is 9.47 Å². The number of hydrogen-bond acceptors (Lipinski definition) is 2. The van der Waals surface area contributed by atoms with Gasteiger partial charge < -0.3 is 9.47 Å². The smallest absolute Gasteiger partial charge is 0.315 e. The maximum atomic E-state index is 4.42. The van der Waals surface area contributed by atoms with E-state index in [0.29, 0.717) is 0 Å². The molecule has 27 valence electrons. The highest BCUT2D eigenvalue weighted by Gasteiger charge is 1.84. The van der Waals surface area contributed by atoms with Crippen LogP contribution in [0.3, 0.4) is 0 Å². The van der Waals surface area contributed by atoms with Crippen molar-refractivity contribution in [3.8, 4) is 0 Å². The maximum absolute atomic E-state index is 4.42. The van der Waals surface area contributed by atoms with Gasteiger partial charge in [0.1, 0.15) is 12.5 Å². The van der Waals surface area contributed by atoms with Gasteiger partial charge in [-0.3, -0.25) is 0 Å². The molecule has 0 amide bonds. The van der Waals surface area contributed by atoms with Gasteiger partial charge >= 0.3 is 6.79 Å². The summed E-state index contributed by atoms with van der Waals surface area (Å²) in [5.74, 6) is 0. The van der Waals surface area contributed by atoms with E-state index in [4.69, 9.17) is 0 Å². The van der Waals surface area contributed by atoms with Gasteiger partial charge in [0.05, 0.1) is 0 Å². The largest absolute Gasteiger partial charge is 0.453 e. The zero-order chi connectivity index (χ0) is 3.54. The van der Waals surface area contributed by atoms with E-state index in [-0.39, 0.29) is 0 Å². The average Bonchev–Trinajstić information content (AvgIpc) is 1.76. The highest BCUT2D eigenvalue weighted by atomic mass is 16.7. The molecule has 1 radical (unpaired) electrons. The fourth-order valence-corrected chi connectivity index (χ4v) is 0.160. The minimum atomic E-state index is 1.25. The number of rotatable bonds is 0. The molecule has 1 heterocycles. The molecule has 0 aliphatic carbocycles. The first-order valence-electron chi connectivity index (χ1n) is 1.28. The Kier molecular flexibility index (Phi) is 0.499. The van der Waals surface area contributed by atoms with Crippen molar-refractivity contribution in [3.05, 3.63) is 19.3 Å². The molecule has 0 aromatic carbocycles. The second-order valence-electron chi connectivity index (χ2n) is 0.641. The van der Waals surface area contributed by atoms with Gasteiger partial charge in [-0.25, -0.2) is 0 Å². The topological polar surface area (TPSA) is 18.5 Å². The summed E-state index contributed by atoms with van der Waals surface area (Å²) in [4.78, 5) is 0. The van der Waals surface area contributed by atoms with Gasteiger partial charge in [0.15, 0.2) is 0 Å². The van der Waals surface area contributed by atoms with E-state index in [1.54, 1.807) is 0 Å². The van der Waals surface area contributed by atoms with Crippen LogP contribution in [0.5, 0.6) is 0 Å². The minimum absolute atomic E-state index is 1.25. The normalized spacial score (nSPS) is 17.6. The monoisotopic (exact) mass is 71.0 g/mol. The Morgan fingerprint density at radius 1 is 1.00 bits per heavy atom. The first-order valence-corrected chi connectivity index (χ1v) is 1.28. The molecular formula is C3H3O2. The Morgan fingerprint density at radius 2 is 1.60 bits per heavy atom. The summed E-state index contributed by atoms with van der Waals surface area (Å²) in [6.07, 6.45) is 2.92. The Balaban J connectivity index is 2.32. The fourth-order valence-electron chi connectivity index (χ4n) is 0.160. The molecule has 1 rings (SSSR count). The van der Waals surface area contributed by atoms with Crippen molar-refractivity contribution in [2.45, 2.75) is 0 Å².